The van der Waals surface area contributed by atoms with Crippen LogP contribution in [0.25, 0.3) is 0 Å². The smallest absolute Gasteiger partial charge is 0.338 e. The summed E-state index contributed by atoms with van der Waals surface area (Å²) < 4.78 is 5.02. The van der Waals surface area contributed by atoms with Crippen molar-refractivity contribution >= 4 is 29.2 Å². The number of hydrogen-bond donors (Lipinski definition) is 1. The Balaban J connectivity index is 1.90. The summed E-state index contributed by atoms with van der Waals surface area (Å²) in [5, 5.41) is 3.21. The lowest BCUT2D eigenvalue weighted by molar-refractivity contribution is -0.119. The number of anilines is 1. The second-order valence-electron chi connectivity index (χ2n) is 5.01. The molecule has 1 amide bonds. The van der Waals surface area contributed by atoms with Crippen molar-refractivity contribution in [1.29, 1.82) is 0 Å². The van der Waals surface area contributed by atoms with Crippen molar-refractivity contribution in [3.05, 3.63) is 64.2 Å². The number of halogens is 1. The van der Waals surface area contributed by atoms with E-state index < -0.39 is 11.9 Å². The number of carbonyl (C=O) groups is 2. The van der Waals surface area contributed by atoms with Gasteiger partial charge in [0, 0.05) is 10.7 Å². The maximum absolute atomic E-state index is 11.9. The highest BCUT2D eigenvalue weighted by Gasteiger charge is 2.11. The van der Waals surface area contributed by atoms with Crippen molar-refractivity contribution in [2.75, 3.05) is 11.9 Å². The average Bonchev–Trinajstić information content (AvgIpc) is 2.46. The Bertz CT molecular complexity index is 675. The molecule has 5 heteroatoms. The van der Waals surface area contributed by atoms with Gasteiger partial charge in [-0.2, -0.15) is 0 Å². The van der Waals surface area contributed by atoms with Crippen LogP contribution in [0.1, 0.15) is 21.5 Å². The SMILES string of the molecule is Cc1cc(C)cc(C(=O)OCC(=O)Nc2ccc(Cl)cc2)c1. The number of nitrogens with one attached hydrogen (secondary N) is 1. The predicted octanol–water partition coefficient (Wildman–Crippen LogP) is 3.75. The van der Waals surface area contributed by atoms with E-state index in [2.05, 4.69) is 5.32 Å². The van der Waals surface area contributed by atoms with Crippen LogP contribution < -0.4 is 5.32 Å². The van der Waals surface area contributed by atoms with Crippen LogP contribution in [0.2, 0.25) is 5.02 Å². The molecule has 0 aliphatic rings. The summed E-state index contributed by atoms with van der Waals surface area (Å²) in [4.78, 5) is 23.7. The molecular formula is C17H16ClNO3. The van der Waals surface area contributed by atoms with E-state index in [4.69, 9.17) is 16.3 Å². The third-order valence-electron chi connectivity index (χ3n) is 2.92. The molecule has 22 heavy (non-hydrogen) atoms. The number of esters is 1. The van der Waals surface area contributed by atoms with E-state index in [1.165, 1.54) is 0 Å². The van der Waals surface area contributed by atoms with Gasteiger partial charge in [-0.1, -0.05) is 28.8 Å². The van der Waals surface area contributed by atoms with Crippen LogP contribution in [0.3, 0.4) is 0 Å². The van der Waals surface area contributed by atoms with Gasteiger partial charge in [-0.05, 0) is 50.2 Å². The van der Waals surface area contributed by atoms with Crippen molar-refractivity contribution in [2.45, 2.75) is 13.8 Å². The van der Waals surface area contributed by atoms with Crippen LogP contribution in [0, 0.1) is 13.8 Å². The normalized spacial score (nSPS) is 10.1. The van der Waals surface area contributed by atoms with E-state index >= 15 is 0 Å². The lowest BCUT2D eigenvalue weighted by atomic mass is 10.1. The number of amides is 1. The molecule has 0 fully saturated rings. The van der Waals surface area contributed by atoms with Crippen LogP contribution in [-0.2, 0) is 9.53 Å². The van der Waals surface area contributed by atoms with E-state index in [9.17, 15) is 9.59 Å². The van der Waals surface area contributed by atoms with Crippen LogP contribution in [0.4, 0.5) is 5.69 Å². The summed E-state index contributed by atoms with van der Waals surface area (Å²) in [6, 6.07) is 12.1. The third kappa shape index (κ3) is 4.60. The summed E-state index contributed by atoms with van der Waals surface area (Å²) in [5.41, 5.74) is 2.98. The number of hydrogen-bond acceptors (Lipinski definition) is 3. The van der Waals surface area contributed by atoms with Gasteiger partial charge in [-0.25, -0.2) is 4.79 Å². The topological polar surface area (TPSA) is 55.4 Å². The first-order valence-corrected chi connectivity index (χ1v) is 7.12. The standard InChI is InChI=1S/C17H16ClNO3/c1-11-7-12(2)9-13(8-11)17(21)22-10-16(20)19-15-5-3-14(18)4-6-15/h3-9H,10H2,1-2H3,(H,19,20). The molecule has 0 aromatic heterocycles. The van der Waals surface area contributed by atoms with E-state index in [0.29, 0.717) is 16.3 Å². The number of benzene rings is 2. The summed E-state index contributed by atoms with van der Waals surface area (Å²) in [7, 11) is 0. The molecule has 0 saturated carbocycles. The van der Waals surface area contributed by atoms with Gasteiger partial charge in [0.1, 0.15) is 0 Å². The summed E-state index contributed by atoms with van der Waals surface area (Å²) >= 11 is 5.76. The highest BCUT2D eigenvalue weighted by atomic mass is 35.5. The molecular weight excluding hydrogens is 302 g/mol. The molecule has 114 valence electrons. The van der Waals surface area contributed by atoms with E-state index in [-0.39, 0.29) is 6.61 Å². The largest absolute Gasteiger partial charge is 0.452 e. The van der Waals surface area contributed by atoms with Crippen molar-refractivity contribution in [2.24, 2.45) is 0 Å². The fraction of sp³-hybridized carbons (Fsp3) is 0.176. The first kappa shape index (κ1) is 16.0. The van der Waals surface area contributed by atoms with Crippen molar-refractivity contribution in [3.8, 4) is 0 Å². The van der Waals surface area contributed by atoms with Gasteiger partial charge >= 0.3 is 5.97 Å². The van der Waals surface area contributed by atoms with Gasteiger partial charge in [0.25, 0.3) is 5.91 Å². The minimum Gasteiger partial charge on any atom is -0.452 e. The zero-order chi connectivity index (χ0) is 16.1. The third-order valence-corrected chi connectivity index (χ3v) is 3.17. The summed E-state index contributed by atoms with van der Waals surface area (Å²) in [6.07, 6.45) is 0. The highest BCUT2D eigenvalue weighted by molar-refractivity contribution is 6.30. The quantitative estimate of drug-likeness (QED) is 0.874. The minimum absolute atomic E-state index is 0.339. The van der Waals surface area contributed by atoms with Gasteiger partial charge in [-0.15, -0.1) is 0 Å². The van der Waals surface area contributed by atoms with E-state index in [1.807, 2.05) is 19.9 Å². The molecule has 0 radical (unpaired) electrons. The number of aryl methyl sites for hydroxylation is 2. The van der Waals surface area contributed by atoms with Crippen LogP contribution in [0.15, 0.2) is 42.5 Å². The first-order valence-electron chi connectivity index (χ1n) is 6.75. The molecule has 0 saturated heterocycles. The molecule has 2 aromatic carbocycles. The lowest BCUT2D eigenvalue weighted by Crippen LogP contribution is -2.21. The Labute approximate surface area is 134 Å². The Hall–Kier alpha value is -2.33. The van der Waals surface area contributed by atoms with E-state index in [1.54, 1.807) is 36.4 Å². The maximum Gasteiger partial charge on any atom is 0.338 e. The molecule has 0 unspecified atom stereocenters. The molecule has 2 rings (SSSR count). The van der Waals surface area contributed by atoms with Crippen LogP contribution >= 0.6 is 11.6 Å². The van der Waals surface area contributed by atoms with Gasteiger partial charge in [0.15, 0.2) is 6.61 Å². The second kappa shape index (κ2) is 7.09. The van der Waals surface area contributed by atoms with Gasteiger partial charge in [0.2, 0.25) is 0 Å². The zero-order valence-corrected chi connectivity index (χ0v) is 13.1. The Morgan fingerprint density at radius 2 is 1.64 bits per heavy atom. The Morgan fingerprint density at radius 3 is 2.23 bits per heavy atom. The number of rotatable bonds is 4. The molecule has 0 aliphatic heterocycles. The van der Waals surface area contributed by atoms with E-state index in [0.717, 1.165) is 11.1 Å². The van der Waals surface area contributed by atoms with Gasteiger partial charge in [0.05, 0.1) is 5.56 Å². The highest BCUT2D eigenvalue weighted by Crippen LogP contribution is 2.13. The summed E-state index contributed by atoms with van der Waals surface area (Å²) in [6.45, 7) is 3.46. The molecule has 0 bridgehead atoms. The van der Waals surface area contributed by atoms with Gasteiger partial charge < -0.3 is 10.1 Å². The van der Waals surface area contributed by atoms with Crippen LogP contribution in [-0.4, -0.2) is 18.5 Å². The molecule has 1 N–H and O–H groups in total. The number of carbonyl (C=O) groups excluding carboxylic acids is 2. The monoisotopic (exact) mass is 317 g/mol. The molecule has 0 spiro atoms. The Morgan fingerprint density at radius 1 is 1.05 bits per heavy atom. The average molecular weight is 318 g/mol. The maximum atomic E-state index is 11.9. The minimum atomic E-state index is -0.516. The van der Waals surface area contributed by atoms with Crippen LogP contribution in [0.5, 0.6) is 0 Å². The van der Waals surface area contributed by atoms with Gasteiger partial charge in [-0.3, -0.25) is 4.79 Å². The first-order chi connectivity index (χ1) is 10.4. The Kier molecular flexibility index (Phi) is 5.17. The molecule has 2 aromatic rings. The molecule has 0 heterocycles. The van der Waals surface area contributed by atoms with Crippen molar-refractivity contribution in [1.82, 2.24) is 0 Å². The molecule has 0 aliphatic carbocycles. The van der Waals surface area contributed by atoms with Crippen molar-refractivity contribution < 1.29 is 14.3 Å². The fourth-order valence-electron chi connectivity index (χ4n) is 2.04. The predicted molar refractivity (Wildman–Crippen MR) is 86.3 cm³/mol. The number of ether oxygens (including phenoxy) is 1. The summed E-state index contributed by atoms with van der Waals surface area (Å²) in [5.74, 6) is -0.918. The fourth-order valence-corrected chi connectivity index (χ4v) is 2.16. The molecule has 0 atom stereocenters. The zero-order valence-electron chi connectivity index (χ0n) is 12.4. The van der Waals surface area contributed by atoms with Crippen molar-refractivity contribution in [3.63, 3.8) is 0 Å². The second-order valence-corrected chi connectivity index (χ2v) is 5.44. The lowest BCUT2D eigenvalue weighted by Gasteiger charge is -2.08. The molecule has 4 nitrogen and oxygen atoms in total.